The lowest BCUT2D eigenvalue weighted by molar-refractivity contribution is -0.0184. The second-order valence-corrected chi connectivity index (χ2v) is 5.38. The summed E-state index contributed by atoms with van der Waals surface area (Å²) in [5.41, 5.74) is 6.09. The zero-order chi connectivity index (χ0) is 12.6. The minimum atomic E-state index is 0.171. The van der Waals surface area contributed by atoms with E-state index in [1.807, 2.05) is 0 Å². The molecule has 102 valence electrons. The van der Waals surface area contributed by atoms with Crippen LogP contribution in [0.2, 0.25) is 0 Å². The number of nitrogens with zero attached hydrogens (tertiary/aromatic N) is 1. The van der Waals surface area contributed by atoms with Crippen LogP contribution < -0.4 is 5.73 Å². The molecule has 1 saturated heterocycles. The number of aliphatic hydroxyl groups excluding tert-OH is 1. The van der Waals surface area contributed by atoms with Gasteiger partial charge in [0, 0.05) is 31.7 Å². The van der Waals surface area contributed by atoms with Crippen LogP contribution in [0.1, 0.15) is 32.1 Å². The summed E-state index contributed by atoms with van der Waals surface area (Å²) >= 11 is 0. The van der Waals surface area contributed by atoms with E-state index < -0.39 is 0 Å². The molecular formula is C13H28N2O2. The van der Waals surface area contributed by atoms with Crippen molar-refractivity contribution in [1.29, 1.82) is 0 Å². The fourth-order valence-corrected chi connectivity index (χ4v) is 2.58. The van der Waals surface area contributed by atoms with E-state index in [4.69, 9.17) is 15.6 Å². The van der Waals surface area contributed by atoms with Crippen LogP contribution in [0.25, 0.3) is 0 Å². The molecule has 1 atom stereocenters. The highest BCUT2D eigenvalue weighted by molar-refractivity contribution is 4.85. The van der Waals surface area contributed by atoms with E-state index in [0.29, 0.717) is 13.2 Å². The van der Waals surface area contributed by atoms with Gasteiger partial charge in [-0.05, 0) is 45.7 Å². The van der Waals surface area contributed by atoms with Crippen molar-refractivity contribution in [1.82, 2.24) is 4.90 Å². The fraction of sp³-hybridized carbons (Fsp3) is 1.00. The Balaban J connectivity index is 2.24. The van der Waals surface area contributed by atoms with Crippen LogP contribution in [0.15, 0.2) is 0 Å². The molecule has 0 spiro atoms. The summed E-state index contributed by atoms with van der Waals surface area (Å²) in [4.78, 5) is 2.36. The number of ether oxygens (including phenoxy) is 1. The summed E-state index contributed by atoms with van der Waals surface area (Å²) in [6.07, 6.45) is 5.49. The molecule has 0 aromatic carbocycles. The summed E-state index contributed by atoms with van der Waals surface area (Å²) in [6, 6.07) is 0. The largest absolute Gasteiger partial charge is 0.396 e. The zero-order valence-corrected chi connectivity index (χ0v) is 11.2. The average Bonchev–Trinajstić information content (AvgIpc) is 2.36. The van der Waals surface area contributed by atoms with E-state index >= 15 is 0 Å². The van der Waals surface area contributed by atoms with Gasteiger partial charge in [0.15, 0.2) is 0 Å². The van der Waals surface area contributed by atoms with Crippen LogP contribution in [0.3, 0.4) is 0 Å². The van der Waals surface area contributed by atoms with Crippen molar-refractivity contribution in [3.8, 4) is 0 Å². The predicted octanol–water partition coefficient (Wildman–Crippen LogP) is 0.836. The minimum absolute atomic E-state index is 0.171. The molecule has 0 aromatic rings. The Morgan fingerprint density at radius 1 is 1.35 bits per heavy atom. The molecule has 1 unspecified atom stereocenters. The van der Waals surface area contributed by atoms with Crippen LogP contribution in [0.4, 0.5) is 0 Å². The van der Waals surface area contributed by atoms with Gasteiger partial charge in [0.05, 0.1) is 6.61 Å². The van der Waals surface area contributed by atoms with E-state index in [0.717, 1.165) is 52.0 Å². The van der Waals surface area contributed by atoms with Gasteiger partial charge >= 0.3 is 0 Å². The van der Waals surface area contributed by atoms with E-state index in [1.54, 1.807) is 0 Å². The first-order valence-corrected chi connectivity index (χ1v) is 6.80. The number of rotatable bonds is 8. The third kappa shape index (κ3) is 5.34. The first-order valence-electron chi connectivity index (χ1n) is 6.80. The Morgan fingerprint density at radius 2 is 2.18 bits per heavy atom. The Hall–Kier alpha value is -0.160. The van der Waals surface area contributed by atoms with Crippen molar-refractivity contribution in [2.75, 3.05) is 46.5 Å². The lowest BCUT2D eigenvalue weighted by atomic mass is 9.82. The van der Waals surface area contributed by atoms with Crippen LogP contribution in [0.5, 0.6) is 0 Å². The molecule has 0 saturated carbocycles. The van der Waals surface area contributed by atoms with Crippen molar-refractivity contribution in [2.24, 2.45) is 11.1 Å². The van der Waals surface area contributed by atoms with Crippen LogP contribution >= 0.6 is 0 Å². The van der Waals surface area contributed by atoms with E-state index in [-0.39, 0.29) is 5.41 Å². The maximum atomic E-state index is 8.72. The lowest BCUT2D eigenvalue weighted by Crippen LogP contribution is -2.47. The molecule has 0 aliphatic carbocycles. The average molecular weight is 244 g/mol. The minimum Gasteiger partial charge on any atom is -0.396 e. The van der Waals surface area contributed by atoms with Gasteiger partial charge in [-0.2, -0.15) is 0 Å². The van der Waals surface area contributed by atoms with Crippen LogP contribution in [-0.4, -0.2) is 56.5 Å². The number of hydrogen-bond acceptors (Lipinski definition) is 4. The third-order valence-electron chi connectivity index (χ3n) is 3.64. The Morgan fingerprint density at radius 3 is 2.76 bits per heavy atom. The Kier molecular flexibility index (Phi) is 7.04. The fourth-order valence-electron chi connectivity index (χ4n) is 2.58. The molecular weight excluding hydrogens is 216 g/mol. The van der Waals surface area contributed by atoms with E-state index in [1.165, 1.54) is 6.42 Å². The lowest BCUT2D eigenvalue weighted by Gasteiger charge is -2.39. The Labute approximate surface area is 105 Å². The topological polar surface area (TPSA) is 58.7 Å². The van der Waals surface area contributed by atoms with Crippen LogP contribution in [-0.2, 0) is 4.74 Å². The normalized spacial score (nSPS) is 25.4. The second-order valence-electron chi connectivity index (χ2n) is 5.38. The molecule has 0 bridgehead atoms. The molecule has 0 aromatic heterocycles. The molecule has 1 fully saturated rings. The number of hydrogen-bond donors (Lipinski definition) is 2. The van der Waals surface area contributed by atoms with E-state index in [9.17, 15) is 0 Å². The van der Waals surface area contributed by atoms with Gasteiger partial charge < -0.3 is 20.5 Å². The monoisotopic (exact) mass is 244 g/mol. The van der Waals surface area contributed by atoms with Crippen LogP contribution in [0, 0.1) is 5.41 Å². The molecule has 1 aliphatic heterocycles. The second kappa shape index (κ2) is 8.03. The third-order valence-corrected chi connectivity index (χ3v) is 3.64. The van der Waals surface area contributed by atoms with Crippen molar-refractivity contribution in [3.63, 3.8) is 0 Å². The molecule has 1 aliphatic rings. The summed E-state index contributed by atoms with van der Waals surface area (Å²) < 4.78 is 5.58. The predicted molar refractivity (Wildman–Crippen MR) is 70.0 cm³/mol. The van der Waals surface area contributed by atoms with Gasteiger partial charge in [-0.3, -0.25) is 0 Å². The molecule has 1 heterocycles. The van der Waals surface area contributed by atoms with Crippen molar-refractivity contribution in [2.45, 2.75) is 32.1 Å². The smallest absolute Gasteiger partial charge is 0.0546 e. The first kappa shape index (κ1) is 14.9. The summed E-state index contributed by atoms with van der Waals surface area (Å²) in [5, 5.41) is 8.72. The molecule has 4 heteroatoms. The molecule has 0 amide bonds. The van der Waals surface area contributed by atoms with Gasteiger partial charge in [-0.25, -0.2) is 0 Å². The highest BCUT2D eigenvalue weighted by Gasteiger charge is 2.32. The van der Waals surface area contributed by atoms with Gasteiger partial charge in [-0.15, -0.1) is 0 Å². The van der Waals surface area contributed by atoms with Crippen molar-refractivity contribution < 1.29 is 9.84 Å². The first-order chi connectivity index (χ1) is 8.22. The molecule has 3 N–H and O–H groups in total. The quantitative estimate of drug-likeness (QED) is 0.621. The number of aliphatic hydroxyl groups is 1. The highest BCUT2D eigenvalue weighted by Crippen LogP contribution is 2.28. The zero-order valence-electron chi connectivity index (χ0n) is 11.2. The van der Waals surface area contributed by atoms with Gasteiger partial charge in [0.2, 0.25) is 0 Å². The van der Waals surface area contributed by atoms with E-state index in [2.05, 4.69) is 11.9 Å². The molecule has 1 rings (SSSR count). The Bertz CT molecular complexity index is 194. The standard InChI is InChI=1S/C13H28N2O2/c1-15(7-3-2-4-8-16)11-13(10-14)6-5-9-17-12-13/h16H,2-12,14H2,1H3. The summed E-state index contributed by atoms with van der Waals surface area (Å²) in [5.74, 6) is 0. The number of nitrogens with two attached hydrogens (primary N) is 1. The van der Waals surface area contributed by atoms with Crippen molar-refractivity contribution in [3.05, 3.63) is 0 Å². The summed E-state index contributed by atoms with van der Waals surface area (Å²) in [6.45, 7) is 4.84. The highest BCUT2D eigenvalue weighted by atomic mass is 16.5. The molecule has 4 nitrogen and oxygen atoms in total. The molecule has 0 radical (unpaired) electrons. The molecule has 17 heavy (non-hydrogen) atoms. The van der Waals surface area contributed by atoms with Gasteiger partial charge in [-0.1, -0.05) is 0 Å². The SMILES string of the molecule is CN(CCCCCO)CC1(CN)CCCOC1. The van der Waals surface area contributed by atoms with Gasteiger partial charge in [0.1, 0.15) is 0 Å². The maximum absolute atomic E-state index is 8.72. The number of unbranched alkanes of at least 4 members (excludes halogenated alkanes) is 2. The maximum Gasteiger partial charge on any atom is 0.0546 e. The van der Waals surface area contributed by atoms with Crippen molar-refractivity contribution >= 4 is 0 Å². The van der Waals surface area contributed by atoms with Gasteiger partial charge in [0.25, 0.3) is 0 Å². The summed E-state index contributed by atoms with van der Waals surface area (Å²) in [7, 11) is 2.16.